The van der Waals surface area contributed by atoms with Gasteiger partial charge in [0.1, 0.15) is 15.4 Å². The van der Waals surface area contributed by atoms with Gasteiger partial charge >= 0.3 is 0 Å². The Morgan fingerprint density at radius 2 is 1.85 bits per heavy atom. The molecule has 1 saturated heterocycles. The minimum atomic E-state index is -3.11. The van der Waals surface area contributed by atoms with Crippen LogP contribution in [0.15, 0.2) is 36.4 Å². The number of amides is 1. The first-order valence-electron chi connectivity index (χ1n) is 10.1. The van der Waals surface area contributed by atoms with Gasteiger partial charge in [0.15, 0.2) is 22.4 Å². The van der Waals surface area contributed by atoms with E-state index in [0.29, 0.717) is 17.1 Å². The van der Waals surface area contributed by atoms with E-state index in [2.05, 4.69) is 4.85 Å². The minimum Gasteiger partial charge on any atom is -0.490 e. The van der Waals surface area contributed by atoms with Gasteiger partial charge in [-0.3, -0.25) is 9.69 Å². The number of rotatable bonds is 7. The lowest BCUT2D eigenvalue weighted by atomic mass is 10.0. The molecule has 0 aromatic heterocycles. The average molecular weight is 490 g/mol. The lowest BCUT2D eigenvalue weighted by Gasteiger charge is -2.29. The normalized spacial score (nSPS) is 15.6. The van der Waals surface area contributed by atoms with Gasteiger partial charge in [0, 0.05) is 23.7 Å². The molecule has 0 N–H and O–H groups in total. The lowest BCUT2D eigenvalue weighted by molar-refractivity contribution is -0.120. The fourth-order valence-electron chi connectivity index (χ4n) is 3.61. The van der Waals surface area contributed by atoms with Crippen molar-refractivity contribution in [2.45, 2.75) is 32.7 Å². The molecule has 1 aliphatic heterocycles. The highest BCUT2D eigenvalue weighted by atomic mass is 32.2. The van der Waals surface area contributed by atoms with Gasteiger partial charge in [-0.2, -0.15) is 0 Å². The van der Waals surface area contributed by atoms with Crippen LogP contribution in [-0.4, -0.2) is 43.6 Å². The molecule has 3 rings (SSSR count). The summed E-state index contributed by atoms with van der Waals surface area (Å²) in [5, 5.41) is 0.196. The summed E-state index contributed by atoms with van der Waals surface area (Å²) in [4.78, 5) is 19.7. The van der Waals surface area contributed by atoms with E-state index in [1.807, 2.05) is 0 Å². The van der Waals surface area contributed by atoms with E-state index in [0.717, 1.165) is 11.8 Å². The van der Waals surface area contributed by atoms with Gasteiger partial charge in [0.25, 0.3) is 5.91 Å². The van der Waals surface area contributed by atoms with Crippen LogP contribution in [-0.2, 0) is 14.6 Å². The zero-order valence-electron chi connectivity index (χ0n) is 18.8. The van der Waals surface area contributed by atoms with Crippen molar-refractivity contribution in [3.63, 3.8) is 0 Å². The first-order valence-corrected chi connectivity index (χ1v) is 12.6. The fourth-order valence-corrected chi connectivity index (χ4v) is 4.77. The zero-order chi connectivity index (χ0) is 24.6. The van der Waals surface area contributed by atoms with Gasteiger partial charge in [0.05, 0.1) is 18.9 Å². The molecule has 10 heteroatoms. The number of benzene rings is 2. The number of hydrogen-bond acceptors (Lipinski definition) is 5. The molecule has 0 saturated carbocycles. The van der Waals surface area contributed by atoms with Crippen LogP contribution < -0.4 is 14.5 Å². The molecule has 0 bridgehead atoms. The maximum absolute atomic E-state index is 14.8. The van der Waals surface area contributed by atoms with Crippen LogP contribution >= 0.6 is 12.2 Å². The Kier molecular flexibility index (Phi) is 6.77. The summed E-state index contributed by atoms with van der Waals surface area (Å²) >= 11 is 5.61. The zero-order valence-corrected chi connectivity index (χ0v) is 20.4. The summed E-state index contributed by atoms with van der Waals surface area (Å²) in [6.07, 6.45) is 1.38. The maximum atomic E-state index is 14.8. The van der Waals surface area contributed by atoms with Gasteiger partial charge in [-0.1, -0.05) is 6.07 Å². The molecular formula is C23H24FN3O4S2. The third-order valence-electron chi connectivity index (χ3n) is 5.32. The largest absolute Gasteiger partial charge is 0.490 e. The molecule has 1 amide bonds. The number of nitrogens with zero attached hydrogens (tertiary/aromatic N) is 3. The molecule has 2 aromatic rings. The molecule has 0 atom stereocenters. The first-order chi connectivity index (χ1) is 15.4. The molecule has 0 unspecified atom stereocenters. The summed E-state index contributed by atoms with van der Waals surface area (Å²) in [6, 6.07) is 9.31. The number of ether oxygens (including phenoxy) is 1. The van der Waals surface area contributed by atoms with E-state index in [1.54, 1.807) is 49.9 Å². The molecule has 7 nitrogen and oxygen atoms in total. The van der Waals surface area contributed by atoms with Crippen LogP contribution in [0.5, 0.6) is 5.75 Å². The van der Waals surface area contributed by atoms with Crippen LogP contribution in [0.1, 0.15) is 25.8 Å². The Labute approximate surface area is 198 Å². The number of carbonyl (C=O) groups excluding carboxylic acids is 1. The van der Waals surface area contributed by atoms with E-state index in [-0.39, 0.29) is 35.5 Å². The summed E-state index contributed by atoms with van der Waals surface area (Å²) in [5.41, 5.74) is 1.06. The second-order valence-electron chi connectivity index (χ2n) is 8.35. The third-order valence-corrected chi connectivity index (χ3v) is 6.71. The highest BCUT2D eigenvalue weighted by molar-refractivity contribution is 7.90. The Morgan fingerprint density at radius 3 is 2.42 bits per heavy atom. The standard InChI is InChI=1S/C23H24FN3O4S2/c1-15-13-16(7-9-19(15)25-4)26-21(28)23(2,3)27(22(26)32)17-8-10-20(18(24)14-17)31-11-6-12-33(5,29)30/h7-10,13-14H,6,11-12H2,1-3,5H3. The lowest BCUT2D eigenvalue weighted by Crippen LogP contribution is -2.44. The van der Waals surface area contributed by atoms with Crippen molar-refractivity contribution in [2.75, 3.05) is 28.4 Å². The molecule has 174 valence electrons. The van der Waals surface area contributed by atoms with Crippen molar-refractivity contribution in [2.24, 2.45) is 0 Å². The van der Waals surface area contributed by atoms with E-state index in [1.165, 1.54) is 17.0 Å². The monoisotopic (exact) mass is 489 g/mol. The topological polar surface area (TPSA) is 71.3 Å². The van der Waals surface area contributed by atoms with Crippen LogP contribution in [0.25, 0.3) is 4.85 Å². The summed E-state index contributed by atoms with van der Waals surface area (Å²) in [6.45, 7) is 12.5. The van der Waals surface area contributed by atoms with E-state index in [9.17, 15) is 17.6 Å². The van der Waals surface area contributed by atoms with Gasteiger partial charge < -0.3 is 9.64 Å². The van der Waals surface area contributed by atoms with Crippen LogP contribution in [0.2, 0.25) is 0 Å². The minimum absolute atomic E-state index is 0.0105. The van der Waals surface area contributed by atoms with Gasteiger partial charge in [-0.05, 0) is 69.2 Å². The van der Waals surface area contributed by atoms with E-state index in [4.69, 9.17) is 23.5 Å². The highest BCUT2D eigenvalue weighted by Gasteiger charge is 2.50. The Morgan fingerprint density at radius 1 is 1.18 bits per heavy atom. The first kappa shape index (κ1) is 24.6. The smallest absolute Gasteiger partial charge is 0.259 e. The second-order valence-corrected chi connectivity index (χ2v) is 11.0. The number of carbonyl (C=O) groups is 1. The second kappa shape index (κ2) is 9.08. The summed E-state index contributed by atoms with van der Waals surface area (Å²) in [7, 11) is -3.11. The molecule has 1 heterocycles. The number of aryl methyl sites for hydroxylation is 1. The molecule has 1 aliphatic rings. The quantitative estimate of drug-likeness (QED) is 0.326. The van der Waals surface area contributed by atoms with Crippen molar-refractivity contribution < 1.29 is 22.3 Å². The molecule has 1 fully saturated rings. The third kappa shape index (κ3) is 4.99. The molecule has 0 radical (unpaired) electrons. The number of anilines is 2. The Hall–Kier alpha value is -3.03. The molecular weight excluding hydrogens is 465 g/mol. The van der Waals surface area contributed by atoms with Crippen molar-refractivity contribution in [3.8, 4) is 5.75 Å². The van der Waals surface area contributed by atoms with Crippen molar-refractivity contribution >= 4 is 50.1 Å². The van der Waals surface area contributed by atoms with Gasteiger partial charge in [-0.15, -0.1) is 0 Å². The van der Waals surface area contributed by atoms with Crippen LogP contribution in [0, 0.1) is 19.3 Å². The molecule has 33 heavy (non-hydrogen) atoms. The summed E-state index contributed by atoms with van der Waals surface area (Å²) < 4.78 is 42.6. The number of halogens is 1. The van der Waals surface area contributed by atoms with Crippen molar-refractivity contribution in [3.05, 3.63) is 59.2 Å². The molecule has 2 aromatic carbocycles. The van der Waals surface area contributed by atoms with E-state index < -0.39 is 21.2 Å². The predicted molar refractivity (Wildman–Crippen MR) is 130 cm³/mol. The maximum Gasteiger partial charge on any atom is 0.259 e. The van der Waals surface area contributed by atoms with E-state index >= 15 is 0 Å². The van der Waals surface area contributed by atoms with Crippen molar-refractivity contribution in [1.82, 2.24) is 0 Å². The summed E-state index contributed by atoms with van der Waals surface area (Å²) in [5.74, 6) is -0.974. The van der Waals surface area contributed by atoms with Crippen molar-refractivity contribution in [1.29, 1.82) is 0 Å². The number of hydrogen-bond donors (Lipinski definition) is 0. The highest BCUT2D eigenvalue weighted by Crippen LogP contribution is 2.38. The average Bonchev–Trinajstić information content (AvgIpc) is 2.89. The van der Waals surface area contributed by atoms with Crippen LogP contribution in [0.4, 0.5) is 21.5 Å². The molecule has 0 aliphatic carbocycles. The van der Waals surface area contributed by atoms with Gasteiger partial charge in [-0.25, -0.2) is 17.7 Å². The SMILES string of the molecule is [C-]#[N+]c1ccc(N2C(=O)C(C)(C)N(c3ccc(OCCCS(C)(=O)=O)c(F)c3)C2=S)cc1C. The van der Waals surface area contributed by atoms with Crippen LogP contribution in [0.3, 0.4) is 0 Å². The Balaban J connectivity index is 1.86. The number of sulfone groups is 1. The predicted octanol–water partition coefficient (Wildman–Crippen LogP) is 4.42. The fraction of sp³-hybridized carbons (Fsp3) is 0.348. The number of thiocarbonyl (C=S) groups is 1. The Bertz CT molecular complexity index is 1270. The van der Waals surface area contributed by atoms with Gasteiger partial charge in [0.2, 0.25) is 0 Å². The molecule has 0 spiro atoms.